The number of unbranched alkanes of at least 4 members (excludes halogenated alkanes) is 6. The fourth-order valence-electron chi connectivity index (χ4n) is 1.65. The topological polar surface area (TPSA) is 208 Å². The quantitative estimate of drug-likeness (QED) is 0.0875. The van der Waals surface area contributed by atoms with Gasteiger partial charge in [0.05, 0.1) is 37.9 Å². The van der Waals surface area contributed by atoms with Crippen molar-refractivity contribution in [2.24, 2.45) is 0 Å². The van der Waals surface area contributed by atoms with Crippen molar-refractivity contribution in [1.29, 1.82) is 0 Å². The van der Waals surface area contributed by atoms with E-state index in [-0.39, 0.29) is 13.2 Å². The van der Waals surface area contributed by atoms with Crippen molar-refractivity contribution in [3.63, 3.8) is 0 Å². The second kappa shape index (κ2) is 35.9. The summed E-state index contributed by atoms with van der Waals surface area (Å²) in [7, 11) is 0. The van der Waals surface area contributed by atoms with Gasteiger partial charge < -0.3 is 40.1 Å². The van der Waals surface area contributed by atoms with Crippen molar-refractivity contribution >= 4 is 23.9 Å². The molecule has 36 heavy (non-hydrogen) atoms. The molecule has 0 saturated heterocycles. The number of hydrogen-bond acceptors (Lipinski definition) is 8. The summed E-state index contributed by atoms with van der Waals surface area (Å²) in [4.78, 5) is 38.7. The number of rotatable bonds is 18. The lowest BCUT2D eigenvalue weighted by molar-refractivity contribution is -0.132. The lowest BCUT2D eigenvalue weighted by Crippen LogP contribution is -1.93. The van der Waals surface area contributed by atoms with Crippen LogP contribution < -0.4 is 0 Å². The van der Waals surface area contributed by atoms with E-state index in [1.165, 1.54) is 12.5 Å². The number of ether oxygens (including phenoxy) is 2. The third-order valence-electron chi connectivity index (χ3n) is 3.30. The number of carbonyl (C=O) groups is 4. The van der Waals surface area contributed by atoms with Crippen LogP contribution >= 0.6 is 0 Å². The van der Waals surface area contributed by atoms with Crippen molar-refractivity contribution in [3.8, 4) is 0 Å². The van der Waals surface area contributed by atoms with Crippen LogP contribution in [0.1, 0.15) is 51.4 Å². The Kier molecular flexibility index (Phi) is 39.5. The zero-order valence-electron chi connectivity index (χ0n) is 20.5. The molecule has 0 aromatic heterocycles. The molecular weight excluding hydrogens is 480 g/mol. The molecule has 6 N–H and O–H groups in total. The molecule has 12 heteroatoms. The third-order valence-corrected chi connectivity index (χ3v) is 3.30. The molecule has 0 aromatic rings. The Hall–Kier alpha value is -3.64. The molecule has 0 amide bonds. The van der Waals surface area contributed by atoms with E-state index in [1.54, 1.807) is 0 Å². The van der Waals surface area contributed by atoms with Crippen molar-refractivity contribution in [2.75, 3.05) is 26.4 Å². The summed E-state index contributed by atoms with van der Waals surface area (Å²) in [6, 6.07) is 0. The molecule has 0 fully saturated rings. The van der Waals surface area contributed by atoms with Crippen LogP contribution in [0.5, 0.6) is 0 Å². The van der Waals surface area contributed by atoms with E-state index in [0.717, 1.165) is 75.7 Å². The molecule has 0 unspecified atom stereocenters. The molecule has 0 bridgehead atoms. The van der Waals surface area contributed by atoms with E-state index >= 15 is 0 Å². The van der Waals surface area contributed by atoms with Gasteiger partial charge in [0.25, 0.3) is 0 Å². The Morgan fingerprint density at radius 2 is 0.806 bits per heavy atom. The minimum absolute atomic E-state index is 0.283. The predicted octanol–water partition coefficient (Wildman–Crippen LogP) is 2.82. The average Bonchev–Trinajstić information content (AvgIpc) is 2.83. The van der Waals surface area contributed by atoms with Gasteiger partial charge in [-0.05, 0) is 38.5 Å². The van der Waals surface area contributed by atoms with Gasteiger partial charge >= 0.3 is 23.9 Å². The molecule has 0 saturated carbocycles. The minimum atomic E-state index is -1.03. The summed E-state index contributed by atoms with van der Waals surface area (Å²) in [6.45, 7) is 7.47. The fraction of sp³-hybridized carbons (Fsp3) is 0.500. The average molecular weight is 521 g/mol. The lowest BCUT2D eigenvalue weighted by Gasteiger charge is -2.01. The smallest absolute Gasteiger partial charge is 0.331 e. The maximum atomic E-state index is 10.1. The van der Waals surface area contributed by atoms with Gasteiger partial charge in [-0.2, -0.15) is 0 Å². The minimum Gasteiger partial charge on any atom is -0.501 e. The first kappa shape index (κ1) is 39.6. The highest BCUT2D eigenvalue weighted by molar-refractivity contribution is 5.80. The summed E-state index contributed by atoms with van der Waals surface area (Å²) in [5.41, 5.74) is 0. The Bertz CT molecular complexity index is 573. The van der Waals surface area contributed by atoms with Crippen LogP contribution in [-0.4, -0.2) is 80.9 Å². The molecule has 12 nitrogen and oxygen atoms in total. The number of aliphatic hydroxyl groups excluding tert-OH is 2. The normalized spacial score (nSPS) is 9.39. The zero-order chi connectivity index (χ0) is 28.5. The van der Waals surface area contributed by atoms with Gasteiger partial charge in [-0.1, -0.05) is 26.0 Å². The second-order valence-electron chi connectivity index (χ2n) is 6.38. The van der Waals surface area contributed by atoms with Crippen molar-refractivity contribution < 1.29 is 59.3 Å². The first-order valence-corrected chi connectivity index (χ1v) is 11.0. The molecule has 0 atom stereocenters. The highest BCUT2D eigenvalue weighted by Gasteiger charge is 1.91. The maximum Gasteiger partial charge on any atom is 0.331 e. The molecule has 208 valence electrons. The van der Waals surface area contributed by atoms with Crippen LogP contribution in [0.15, 0.2) is 50.0 Å². The number of carboxylic acids is 4. The molecule has 0 heterocycles. The van der Waals surface area contributed by atoms with Gasteiger partial charge in [0.1, 0.15) is 0 Å². The highest BCUT2D eigenvalue weighted by Crippen LogP contribution is 2.01. The van der Waals surface area contributed by atoms with Crippen molar-refractivity contribution in [1.82, 2.24) is 0 Å². The van der Waals surface area contributed by atoms with E-state index < -0.39 is 23.9 Å². The van der Waals surface area contributed by atoms with Crippen LogP contribution in [0.25, 0.3) is 0 Å². The standard InChI is InChI=1S/C12H18O6.C6H14O2.2C3H4O2/c13-11(14)5-9-17-7-3-1-2-4-8-18-10-6-12(15)16;7-5-3-1-2-4-6-8;2*1-2-3(4)5/h5-6,9-10H,1-4,7-8H2,(H,13,14)(H,15,16);7-8H,1-6H2;2*2H,1H2,(H,4,5). The summed E-state index contributed by atoms with van der Waals surface area (Å²) >= 11 is 0. The SMILES string of the molecule is C=CC(=O)O.C=CC(=O)O.O=C(O)C=COCCCCCCOC=CC(=O)O.OCCCCCCO. The first-order valence-electron chi connectivity index (χ1n) is 11.0. The van der Waals surface area contributed by atoms with Crippen LogP contribution in [-0.2, 0) is 28.7 Å². The van der Waals surface area contributed by atoms with Gasteiger partial charge in [-0.25, -0.2) is 19.2 Å². The number of aliphatic hydroxyl groups is 2. The Labute approximate surface area is 211 Å². The Morgan fingerprint density at radius 1 is 0.528 bits per heavy atom. The van der Waals surface area contributed by atoms with E-state index in [0.29, 0.717) is 13.2 Å². The summed E-state index contributed by atoms with van der Waals surface area (Å²) in [6.07, 6.45) is 13.3. The van der Waals surface area contributed by atoms with Crippen molar-refractivity contribution in [3.05, 3.63) is 50.0 Å². The van der Waals surface area contributed by atoms with Gasteiger partial charge in [0.2, 0.25) is 0 Å². The molecular formula is C24H40O12. The molecule has 0 aliphatic carbocycles. The van der Waals surface area contributed by atoms with Gasteiger partial charge in [0, 0.05) is 25.4 Å². The molecule has 0 aliphatic heterocycles. The lowest BCUT2D eigenvalue weighted by atomic mass is 10.2. The third kappa shape index (κ3) is 63.1. The molecule has 0 aliphatic rings. The largest absolute Gasteiger partial charge is 0.501 e. The first-order chi connectivity index (χ1) is 17.1. The monoisotopic (exact) mass is 520 g/mol. The van der Waals surface area contributed by atoms with Crippen LogP contribution in [0.2, 0.25) is 0 Å². The highest BCUT2D eigenvalue weighted by atomic mass is 16.5. The molecule has 0 rings (SSSR count). The molecule has 0 aromatic carbocycles. The Balaban J connectivity index is -0.000000232. The molecule has 0 spiro atoms. The van der Waals surface area contributed by atoms with E-state index in [1.807, 2.05) is 0 Å². The number of carboxylic acid groups (broad SMARTS) is 4. The number of hydrogen-bond donors (Lipinski definition) is 6. The van der Waals surface area contributed by atoms with Gasteiger partial charge in [-0.3, -0.25) is 0 Å². The second-order valence-corrected chi connectivity index (χ2v) is 6.38. The van der Waals surface area contributed by atoms with Crippen molar-refractivity contribution in [2.45, 2.75) is 51.4 Å². The molecule has 0 radical (unpaired) electrons. The van der Waals surface area contributed by atoms with Gasteiger partial charge in [0.15, 0.2) is 0 Å². The van der Waals surface area contributed by atoms with E-state index in [9.17, 15) is 19.2 Å². The number of aliphatic carboxylic acids is 4. The summed E-state index contributed by atoms with van der Waals surface area (Å²) in [5, 5.41) is 48.4. The maximum absolute atomic E-state index is 10.1. The van der Waals surface area contributed by atoms with E-state index in [4.69, 9.17) is 40.1 Å². The predicted molar refractivity (Wildman–Crippen MR) is 132 cm³/mol. The van der Waals surface area contributed by atoms with Crippen LogP contribution in [0, 0.1) is 0 Å². The van der Waals surface area contributed by atoms with Crippen LogP contribution in [0.4, 0.5) is 0 Å². The zero-order valence-corrected chi connectivity index (χ0v) is 20.5. The fourth-order valence-corrected chi connectivity index (χ4v) is 1.65. The summed E-state index contributed by atoms with van der Waals surface area (Å²) in [5.74, 6) is -4.02. The van der Waals surface area contributed by atoms with Gasteiger partial charge in [-0.15, -0.1) is 0 Å². The Morgan fingerprint density at radius 3 is 1.03 bits per heavy atom. The van der Waals surface area contributed by atoms with E-state index in [2.05, 4.69) is 13.2 Å². The van der Waals surface area contributed by atoms with Crippen LogP contribution in [0.3, 0.4) is 0 Å². The summed E-state index contributed by atoms with van der Waals surface area (Å²) < 4.78 is 9.89.